The molecule has 0 aliphatic carbocycles. The van der Waals surface area contributed by atoms with Gasteiger partial charge in [-0.05, 0) is 95.9 Å². The smallest absolute Gasteiger partial charge is 0.320 e. The van der Waals surface area contributed by atoms with Crippen LogP contribution < -0.4 is 0 Å². The number of nitrogens with zero attached hydrogens (tertiary/aromatic N) is 4. The molecule has 0 saturated carbocycles. The Kier molecular flexibility index (Phi) is 19.7. The number of rotatable bonds is 20. The van der Waals surface area contributed by atoms with Gasteiger partial charge in [-0.15, -0.1) is 0 Å². The lowest BCUT2D eigenvalue weighted by Crippen LogP contribution is -2.45. The van der Waals surface area contributed by atoms with Crippen molar-refractivity contribution < 1.29 is 37.6 Å². The van der Waals surface area contributed by atoms with Gasteiger partial charge in [0.2, 0.25) is 6.54 Å². The summed E-state index contributed by atoms with van der Waals surface area (Å²) in [4.78, 5) is 45.4. The van der Waals surface area contributed by atoms with Gasteiger partial charge in [0, 0.05) is 31.7 Å². The molecule has 2 atom stereocenters. The van der Waals surface area contributed by atoms with Gasteiger partial charge in [0.15, 0.2) is 0 Å². The van der Waals surface area contributed by atoms with Crippen molar-refractivity contribution in [2.24, 2.45) is 5.92 Å². The highest BCUT2D eigenvalue weighted by molar-refractivity contribution is 7.44. The molecule has 0 aromatic carbocycles. The van der Waals surface area contributed by atoms with Crippen LogP contribution >= 0.6 is 8.53 Å². The topological polar surface area (TPSA) is 111 Å². The van der Waals surface area contributed by atoms with Gasteiger partial charge < -0.3 is 28.1 Å². The van der Waals surface area contributed by atoms with Crippen LogP contribution in [0, 0.1) is 12.5 Å². The minimum Gasteiger partial charge on any atom is -0.459 e. The lowest BCUT2D eigenvalue weighted by molar-refractivity contribution is -0.161. The Labute approximate surface area is 280 Å². The molecule has 0 radical (unpaired) electrons. The number of carbonyl (C=O) groups excluding carboxylic acids is 3. The summed E-state index contributed by atoms with van der Waals surface area (Å²) in [6.07, 6.45) is 0. The van der Waals surface area contributed by atoms with Gasteiger partial charge in [-0.25, -0.2) is 11.2 Å². The van der Waals surface area contributed by atoms with Crippen molar-refractivity contribution in [1.82, 2.24) is 14.5 Å². The highest BCUT2D eigenvalue weighted by Crippen LogP contribution is 2.46. The van der Waals surface area contributed by atoms with Crippen molar-refractivity contribution in [2.75, 3.05) is 59.0 Å². The van der Waals surface area contributed by atoms with Gasteiger partial charge in [-0.2, -0.15) is 0 Å². The average molecular weight is 675 g/mol. The van der Waals surface area contributed by atoms with E-state index < -0.39 is 37.3 Å². The van der Waals surface area contributed by atoms with E-state index in [0.717, 1.165) is 0 Å². The van der Waals surface area contributed by atoms with Crippen LogP contribution in [0.25, 0.3) is 4.85 Å². The summed E-state index contributed by atoms with van der Waals surface area (Å²) in [6.45, 7) is 35.6. The van der Waals surface area contributed by atoms with Gasteiger partial charge >= 0.3 is 17.9 Å². The number of esters is 3. The van der Waals surface area contributed by atoms with E-state index in [-0.39, 0.29) is 56.8 Å². The van der Waals surface area contributed by atoms with Gasteiger partial charge in [-0.1, -0.05) is 6.92 Å². The molecule has 0 bridgehead atoms. The number of ether oxygens (including phenoxy) is 3. The molecular formula is C33H63N4O8P. The molecule has 0 fully saturated rings. The van der Waals surface area contributed by atoms with Crippen LogP contribution in [-0.4, -0.2) is 120 Å². The van der Waals surface area contributed by atoms with Crippen LogP contribution in [0.3, 0.4) is 0 Å². The normalized spacial score (nSPS) is 14.1. The largest absolute Gasteiger partial charge is 0.459 e. The molecule has 13 heteroatoms. The Morgan fingerprint density at radius 1 is 0.674 bits per heavy atom. The molecular weight excluding hydrogens is 611 g/mol. The van der Waals surface area contributed by atoms with Crippen LogP contribution in [0.5, 0.6) is 0 Å². The lowest BCUT2D eigenvalue weighted by atomic mass is 10.2. The second-order valence-corrected chi connectivity index (χ2v) is 16.6. The molecule has 46 heavy (non-hydrogen) atoms. The van der Waals surface area contributed by atoms with E-state index in [1.807, 2.05) is 32.6 Å². The third-order valence-corrected chi connectivity index (χ3v) is 7.82. The maximum absolute atomic E-state index is 12.9. The van der Waals surface area contributed by atoms with Crippen LogP contribution in [0.4, 0.5) is 0 Å². The summed E-state index contributed by atoms with van der Waals surface area (Å²) >= 11 is 0. The molecule has 268 valence electrons. The molecule has 0 aliphatic heterocycles. The third-order valence-electron chi connectivity index (χ3n) is 5.74. The molecule has 0 aromatic heterocycles. The first-order valence-corrected chi connectivity index (χ1v) is 17.3. The van der Waals surface area contributed by atoms with E-state index in [9.17, 15) is 14.4 Å². The molecule has 0 aliphatic rings. The monoisotopic (exact) mass is 674 g/mol. The molecule has 0 N–H and O–H groups in total. The third kappa shape index (κ3) is 22.6. The zero-order valence-electron chi connectivity index (χ0n) is 31.1. The molecule has 0 saturated heterocycles. The minimum absolute atomic E-state index is 0.0109. The first-order chi connectivity index (χ1) is 20.9. The Morgan fingerprint density at radius 3 is 1.43 bits per heavy atom. The van der Waals surface area contributed by atoms with Crippen molar-refractivity contribution in [3.8, 4) is 0 Å². The Balaban J connectivity index is 5.87. The second kappa shape index (κ2) is 20.5. The fourth-order valence-electron chi connectivity index (χ4n) is 4.39. The van der Waals surface area contributed by atoms with Crippen molar-refractivity contribution >= 4 is 26.4 Å². The molecule has 12 nitrogen and oxygen atoms in total. The zero-order chi connectivity index (χ0) is 35.9. The maximum atomic E-state index is 12.9. The fraction of sp³-hybridized carbons (Fsp3) is 0.879. The zero-order valence-corrected chi connectivity index (χ0v) is 32.0. The van der Waals surface area contributed by atoms with Crippen LogP contribution in [-0.2, 0) is 37.6 Å². The molecule has 0 rings (SSSR count). The SMILES string of the molecule is [C-]#[N+]CCOP(OCC(C)CN(CCN(CC(=O)OC(C)(C)C)CC(=O)OC(C)(C)C)CC(=O)OC(C)(C)C)N(C(C)C)C(C)C. The van der Waals surface area contributed by atoms with E-state index in [1.165, 1.54) is 0 Å². The summed E-state index contributed by atoms with van der Waals surface area (Å²) in [5.41, 5.74) is -1.99. The van der Waals surface area contributed by atoms with Crippen molar-refractivity contribution in [3.05, 3.63) is 11.4 Å². The predicted octanol–water partition coefficient (Wildman–Crippen LogP) is 5.55. The number of carbonyl (C=O) groups is 3. The fourth-order valence-corrected chi connectivity index (χ4v) is 6.11. The van der Waals surface area contributed by atoms with E-state index in [2.05, 4.69) is 37.2 Å². The van der Waals surface area contributed by atoms with Crippen molar-refractivity contribution in [3.63, 3.8) is 0 Å². The Bertz CT molecular complexity index is 929. The van der Waals surface area contributed by atoms with E-state index >= 15 is 0 Å². The minimum atomic E-state index is -1.40. The molecule has 0 amide bonds. The highest BCUT2D eigenvalue weighted by atomic mass is 31.2. The van der Waals surface area contributed by atoms with Crippen molar-refractivity contribution in [2.45, 2.75) is 126 Å². The lowest BCUT2D eigenvalue weighted by Gasteiger charge is -2.36. The molecule has 0 aromatic rings. The predicted molar refractivity (Wildman–Crippen MR) is 182 cm³/mol. The Morgan fingerprint density at radius 2 is 1.07 bits per heavy atom. The van der Waals surface area contributed by atoms with E-state index in [0.29, 0.717) is 26.2 Å². The second-order valence-electron chi connectivity index (χ2n) is 15.1. The average Bonchev–Trinajstić information content (AvgIpc) is 2.81. The Hall–Kier alpha value is -1.87. The first-order valence-electron chi connectivity index (χ1n) is 16.2. The summed E-state index contributed by atoms with van der Waals surface area (Å²) in [5, 5.41) is 0. The highest BCUT2D eigenvalue weighted by Gasteiger charge is 2.29. The van der Waals surface area contributed by atoms with Gasteiger partial charge in [0.1, 0.15) is 23.4 Å². The summed E-state index contributed by atoms with van der Waals surface area (Å²) in [5.74, 6) is -1.30. The standard InChI is InChI=1S/C33H63N4O8P/c1-25(2)37(26(3)4)46(41-19-16-34-15)42-24-27(5)20-35(21-28(38)43-31(6,7)8)17-18-36(22-29(39)44-32(9,10)11)23-30(40)45-33(12,13)14/h25-27H,16-24H2,1-14H3. The van der Waals surface area contributed by atoms with Gasteiger partial charge in [0.05, 0.1) is 26.2 Å². The first kappa shape index (κ1) is 44.1. The van der Waals surface area contributed by atoms with E-state index in [4.69, 9.17) is 29.8 Å². The number of hydrogen-bond donors (Lipinski definition) is 0. The molecule has 2 unspecified atom stereocenters. The summed E-state index contributed by atoms with van der Waals surface area (Å²) in [6, 6.07) is 0.359. The van der Waals surface area contributed by atoms with E-state index in [1.54, 1.807) is 46.4 Å². The maximum Gasteiger partial charge on any atom is 0.320 e. The molecule has 0 heterocycles. The van der Waals surface area contributed by atoms with Crippen LogP contribution in [0.2, 0.25) is 0 Å². The number of hydrogen-bond acceptors (Lipinski definition) is 11. The van der Waals surface area contributed by atoms with Crippen LogP contribution in [0.15, 0.2) is 0 Å². The van der Waals surface area contributed by atoms with Crippen LogP contribution in [0.1, 0.15) is 96.9 Å². The summed E-state index contributed by atoms with van der Waals surface area (Å²) < 4.78 is 31.2. The quantitative estimate of drug-likeness (QED) is 0.0533. The summed E-state index contributed by atoms with van der Waals surface area (Å²) in [7, 11) is -1.40. The van der Waals surface area contributed by atoms with Gasteiger partial charge in [0.25, 0.3) is 8.53 Å². The van der Waals surface area contributed by atoms with Gasteiger partial charge in [-0.3, -0.25) is 24.2 Å². The molecule has 0 spiro atoms. The van der Waals surface area contributed by atoms with Crippen molar-refractivity contribution in [1.29, 1.82) is 0 Å².